The van der Waals surface area contributed by atoms with E-state index in [4.69, 9.17) is 10.5 Å². The van der Waals surface area contributed by atoms with Gasteiger partial charge in [-0.15, -0.1) is 0 Å². The Morgan fingerprint density at radius 3 is 2.45 bits per heavy atom. The van der Waals surface area contributed by atoms with Crippen molar-refractivity contribution in [2.24, 2.45) is 5.73 Å². The number of hydrogen-bond acceptors (Lipinski definition) is 3. The van der Waals surface area contributed by atoms with Crippen molar-refractivity contribution in [3.8, 4) is 5.75 Å². The Bertz CT molecular complexity index is 597. The van der Waals surface area contributed by atoms with E-state index < -0.39 is 0 Å². The molecule has 2 aromatic carbocycles. The standard InChI is InChI=1S/C16H18N2O2/c1-12(19)18-15-8-4-5-9-16(15)20-11-14-7-3-2-6-13(14)10-17/h2-9H,10-11,17H2,1H3,(H,18,19). The molecule has 4 heteroatoms. The maximum Gasteiger partial charge on any atom is 0.221 e. The zero-order valence-electron chi connectivity index (χ0n) is 11.4. The molecule has 0 spiro atoms. The van der Waals surface area contributed by atoms with Crippen LogP contribution in [-0.4, -0.2) is 5.91 Å². The van der Waals surface area contributed by atoms with Crippen molar-refractivity contribution in [3.63, 3.8) is 0 Å². The van der Waals surface area contributed by atoms with Crippen LogP contribution in [0.1, 0.15) is 18.1 Å². The molecule has 2 aromatic rings. The maximum atomic E-state index is 11.2. The van der Waals surface area contributed by atoms with E-state index >= 15 is 0 Å². The predicted molar refractivity (Wildman–Crippen MR) is 79.4 cm³/mol. The van der Waals surface area contributed by atoms with Crippen molar-refractivity contribution in [1.29, 1.82) is 0 Å². The number of nitrogens with one attached hydrogen (secondary N) is 1. The third kappa shape index (κ3) is 3.59. The lowest BCUT2D eigenvalue weighted by atomic mass is 10.1. The second-order valence-corrected chi connectivity index (χ2v) is 4.44. The number of para-hydroxylation sites is 2. The fourth-order valence-electron chi connectivity index (χ4n) is 1.94. The molecule has 104 valence electrons. The first kappa shape index (κ1) is 14.1. The molecule has 0 aliphatic heterocycles. The Hall–Kier alpha value is -2.33. The maximum absolute atomic E-state index is 11.2. The highest BCUT2D eigenvalue weighted by atomic mass is 16.5. The summed E-state index contributed by atoms with van der Waals surface area (Å²) in [6, 6.07) is 15.2. The van der Waals surface area contributed by atoms with Crippen LogP contribution in [0.2, 0.25) is 0 Å². The van der Waals surface area contributed by atoms with Gasteiger partial charge in [0.25, 0.3) is 0 Å². The van der Waals surface area contributed by atoms with Crippen LogP contribution in [0.25, 0.3) is 0 Å². The Morgan fingerprint density at radius 1 is 1.10 bits per heavy atom. The zero-order chi connectivity index (χ0) is 14.4. The molecule has 0 unspecified atom stereocenters. The molecule has 0 saturated heterocycles. The van der Waals surface area contributed by atoms with Crippen molar-refractivity contribution in [1.82, 2.24) is 0 Å². The molecule has 1 amide bonds. The van der Waals surface area contributed by atoms with Crippen molar-refractivity contribution in [3.05, 3.63) is 59.7 Å². The summed E-state index contributed by atoms with van der Waals surface area (Å²) in [6.07, 6.45) is 0. The summed E-state index contributed by atoms with van der Waals surface area (Å²) in [5.74, 6) is 0.526. The van der Waals surface area contributed by atoms with Crippen molar-refractivity contribution < 1.29 is 9.53 Å². The minimum Gasteiger partial charge on any atom is -0.487 e. The molecule has 0 bridgehead atoms. The topological polar surface area (TPSA) is 64.3 Å². The Balaban J connectivity index is 2.12. The van der Waals surface area contributed by atoms with Gasteiger partial charge >= 0.3 is 0 Å². The van der Waals surface area contributed by atoms with E-state index in [1.165, 1.54) is 6.92 Å². The third-order valence-electron chi connectivity index (χ3n) is 2.92. The van der Waals surface area contributed by atoms with Gasteiger partial charge in [0.2, 0.25) is 5.91 Å². The minimum absolute atomic E-state index is 0.122. The number of rotatable bonds is 5. The molecule has 4 nitrogen and oxygen atoms in total. The van der Waals surface area contributed by atoms with Crippen LogP contribution >= 0.6 is 0 Å². The van der Waals surface area contributed by atoms with Crippen LogP contribution < -0.4 is 15.8 Å². The highest BCUT2D eigenvalue weighted by molar-refractivity contribution is 5.90. The first-order valence-electron chi connectivity index (χ1n) is 6.47. The monoisotopic (exact) mass is 270 g/mol. The van der Waals surface area contributed by atoms with Crippen LogP contribution in [0.5, 0.6) is 5.75 Å². The van der Waals surface area contributed by atoms with Crippen molar-refractivity contribution in [2.45, 2.75) is 20.1 Å². The van der Waals surface area contributed by atoms with Gasteiger partial charge in [0.1, 0.15) is 12.4 Å². The van der Waals surface area contributed by atoms with Gasteiger partial charge in [-0.25, -0.2) is 0 Å². The zero-order valence-corrected chi connectivity index (χ0v) is 11.4. The minimum atomic E-state index is -0.122. The molecule has 0 fully saturated rings. The summed E-state index contributed by atoms with van der Waals surface area (Å²) in [5, 5.41) is 2.75. The molecule has 20 heavy (non-hydrogen) atoms. The second kappa shape index (κ2) is 6.73. The number of carbonyl (C=O) groups is 1. The number of hydrogen-bond donors (Lipinski definition) is 2. The largest absolute Gasteiger partial charge is 0.487 e. The summed E-state index contributed by atoms with van der Waals surface area (Å²) in [5.41, 5.74) is 8.48. The van der Waals surface area contributed by atoms with E-state index in [-0.39, 0.29) is 5.91 Å². The highest BCUT2D eigenvalue weighted by Gasteiger charge is 2.06. The summed E-state index contributed by atoms with van der Waals surface area (Å²) in [7, 11) is 0. The first-order valence-corrected chi connectivity index (χ1v) is 6.47. The molecular weight excluding hydrogens is 252 g/mol. The lowest BCUT2D eigenvalue weighted by Gasteiger charge is -2.13. The molecular formula is C16H18N2O2. The lowest BCUT2D eigenvalue weighted by Crippen LogP contribution is -2.09. The predicted octanol–water partition coefficient (Wildman–Crippen LogP) is 2.68. The van der Waals surface area contributed by atoms with Gasteiger partial charge < -0.3 is 15.8 Å². The number of nitrogens with two attached hydrogens (primary N) is 1. The molecule has 0 aliphatic carbocycles. The molecule has 3 N–H and O–H groups in total. The summed E-state index contributed by atoms with van der Waals surface area (Å²) in [4.78, 5) is 11.2. The van der Waals surface area contributed by atoms with Crippen LogP contribution in [0.3, 0.4) is 0 Å². The van der Waals surface area contributed by atoms with Crippen molar-refractivity contribution in [2.75, 3.05) is 5.32 Å². The average molecular weight is 270 g/mol. The van der Waals surface area contributed by atoms with Crippen molar-refractivity contribution >= 4 is 11.6 Å². The molecule has 0 atom stereocenters. The van der Waals surface area contributed by atoms with Gasteiger partial charge in [-0.05, 0) is 23.3 Å². The number of ether oxygens (including phenoxy) is 1. The first-order chi connectivity index (χ1) is 9.70. The molecule has 0 saturated carbocycles. The summed E-state index contributed by atoms with van der Waals surface area (Å²) < 4.78 is 5.80. The molecule has 0 heterocycles. The SMILES string of the molecule is CC(=O)Nc1ccccc1OCc1ccccc1CN. The van der Waals surface area contributed by atoms with Gasteiger partial charge in [0.15, 0.2) is 0 Å². The van der Waals surface area contributed by atoms with E-state index in [1.807, 2.05) is 48.5 Å². The van der Waals surface area contributed by atoms with Crippen LogP contribution in [0.4, 0.5) is 5.69 Å². The second-order valence-electron chi connectivity index (χ2n) is 4.44. The smallest absolute Gasteiger partial charge is 0.221 e. The molecule has 0 aromatic heterocycles. The van der Waals surface area contributed by atoms with E-state index in [9.17, 15) is 4.79 Å². The highest BCUT2D eigenvalue weighted by Crippen LogP contribution is 2.25. The normalized spacial score (nSPS) is 10.1. The van der Waals surface area contributed by atoms with E-state index in [1.54, 1.807) is 0 Å². The number of carbonyl (C=O) groups excluding carboxylic acids is 1. The van der Waals surface area contributed by atoms with Gasteiger partial charge in [-0.3, -0.25) is 4.79 Å². The van der Waals surface area contributed by atoms with Gasteiger partial charge in [0.05, 0.1) is 5.69 Å². The Morgan fingerprint density at radius 2 is 1.75 bits per heavy atom. The molecule has 2 rings (SSSR count). The average Bonchev–Trinajstić information content (AvgIpc) is 2.46. The van der Waals surface area contributed by atoms with Gasteiger partial charge in [0, 0.05) is 13.5 Å². The van der Waals surface area contributed by atoms with E-state index in [0.717, 1.165) is 11.1 Å². The molecule has 0 radical (unpaired) electrons. The van der Waals surface area contributed by atoms with Crippen LogP contribution in [-0.2, 0) is 17.9 Å². The Labute approximate surface area is 118 Å². The van der Waals surface area contributed by atoms with E-state index in [2.05, 4.69) is 5.32 Å². The molecule has 0 aliphatic rings. The van der Waals surface area contributed by atoms with Gasteiger partial charge in [-0.2, -0.15) is 0 Å². The third-order valence-corrected chi connectivity index (χ3v) is 2.92. The fourth-order valence-corrected chi connectivity index (χ4v) is 1.94. The summed E-state index contributed by atoms with van der Waals surface area (Å²) >= 11 is 0. The van der Waals surface area contributed by atoms with Crippen LogP contribution in [0, 0.1) is 0 Å². The summed E-state index contributed by atoms with van der Waals surface area (Å²) in [6.45, 7) is 2.37. The number of benzene rings is 2. The van der Waals surface area contributed by atoms with E-state index in [0.29, 0.717) is 24.6 Å². The van der Waals surface area contributed by atoms with Gasteiger partial charge in [-0.1, -0.05) is 36.4 Å². The number of anilines is 1. The fraction of sp³-hybridized carbons (Fsp3) is 0.188. The number of amides is 1. The van der Waals surface area contributed by atoms with Crippen LogP contribution in [0.15, 0.2) is 48.5 Å². The Kier molecular flexibility index (Phi) is 4.74. The quantitative estimate of drug-likeness (QED) is 0.878. The lowest BCUT2D eigenvalue weighted by molar-refractivity contribution is -0.114.